The maximum Gasteiger partial charge on any atom is 0.223 e. The SMILES string of the molecule is CCOc1nc(CC)c(S(C)(=O)=O)cc1-c1nc2c(C)cn([C@H](CC)CO)c2cc1CC. The van der Waals surface area contributed by atoms with E-state index in [2.05, 4.69) is 15.6 Å². The summed E-state index contributed by atoms with van der Waals surface area (Å²) in [5.41, 5.74) is 5.52. The molecule has 7 nitrogen and oxygen atoms in total. The molecule has 1 atom stereocenters. The minimum atomic E-state index is -3.47. The molecular formula is C24H33N3O4S. The van der Waals surface area contributed by atoms with E-state index in [0.29, 0.717) is 42.3 Å². The van der Waals surface area contributed by atoms with E-state index in [-0.39, 0.29) is 17.5 Å². The lowest BCUT2D eigenvalue weighted by atomic mass is 10.0. The quantitative estimate of drug-likeness (QED) is 0.513. The van der Waals surface area contributed by atoms with E-state index in [1.54, 1.807) is 6.07 Å². The number of ether oxygens (including phenoxy) is 1. The fraction of sp³-hybridized carbons (Fsp3) is 0.500. The van der Waals surface area contributed by atoms with Crippen LogP contribution in [0.4, 0.5) is 0 Å². The molecule has 3 aromatic rings. The maximum atomic E-state index is 12.5. The predicted octanol–water partition coefficient (Wildman–Crippen LogP) is 4.28. The minimum absolute atomic E-state index is 0.0233. The van der Waals surface area contributed by atoms with Crippen molar-refractivity contribution in [2.45, 2.75) is 64.8 Å². The van der Waals surface area contributed by atoms with Crippen molar-refractivity contribution in [2.24, 2.45) is 0 Å². The van der Waals surface area contributed by atoms with Gasteiger partial charge < -0.3 is 14.4 Å². The fourth-order valence-electron chi connectivity index (χ4n) is 4.09. The van der Waals surface area contributed by atoms with Gasteiger partial charge in [-0.25, -0.2) is 18.4 Å². The molecule has 3 rings (SSSR count). The van der Waals surface area contributed by atoms with Gasteiger partial charge in [0.25, 0.3) is 0 Å². The number of aryl methyl sites for hydroxylation is 3. The highest BCUT2D eigenvalue weighted by atomic mass is 32.2. The zero-order chi connectivity index (χ0) is 23.6. The van der Waals surface area contributed by atoms with Gasteiger partial charge in [-0.15, -0.1) is 0 Å². The Morgan fingerprint density at radius 3 is 2.38 bits per heavy atom. The van der Waals surface area contributed by atoms with Crippen molar-refractivity contribution >= 4 is 20.9 Å². The first kappa shape index (κ1) is 24.2. The van der Waals surface area contributed by atoms with Crippen molar-refractivity contribution in [1.29, 1.82) is 0 Å². The summed E-state index contributed by atoms with van der Waals surface area (Å²) in [6.07, 6.45) is 5.21. The molecule has 0 bridgehead atoms. The van der Waals surface area contributed by atoms with Gasteiger partial charge >= 0.3 is 0 Å². The number of fused-ring (bicyclic) bond motifs is 1. The molecule has 8 heteroatoms. The Kier molecular flexibility index (Phi) is 7.25. The van der Waals surface area contributed by atoms with E-state index in [4.69, 9.17) is 9.72 Å². The van der Waals surface area contributed by atoms with Gasteiger partial charge in [-0.3, -0.25) is 0 Å². The van der Waals surface area contributed by atoms with Crippen LogP contribution in [0.15, 0.2) is 23.2 Å². The highest BCUT2D eigenvalue weighted by Crippen LogP contribution is 2.36. The Morgan fingerprint density at radius 2 is 1.84 bits per heavy atom. The minimum Gasteiger partial charge on any atom is -0.477 e. The second kappa shape index (κ2) is 9.58. The molecule has 0 aromatic carbocycles. The third-order valence-corrected chi connectivity index (χ3v) is 6.97. The molecule has 3 aromatic heterocycles. The van der Waals surface area contributed by atoms with E-state index in [1.165, 1.54) is 6.26 Å². The number of hydrogen-bond acceptors (Lipinski definition) is 6. The van der Waals surface area contributed by atoms with E-state index < -0.39 is 9.84 Å². The van der Waals surface area contributed by atoms with Crippen LogP contribution in [0.1, 0.15) is 57.0 Å². The Bertz CT molecular complexity index is 1230. The Morgan fingerprint density at radius 1 is 1.12 bits per heavy atom. The molecule has 0 fully saturated rings. The third kappa shape index (κ3) is 4.38. The maximum absolute atomic E-state index is 12.5. The summed E-state index contributed by atoms with van der Waals surface area (Å²) in [5, 5.41) is 9.84. The van der Waals surface area contributed by atoms with Crippen molar-refractivity contribution < 1.29 is 18.3 Å². The number of rotatable bonds is 9. The van der Waals surface area contributed by atoms with Crippen molar-refractivity contribution in [3.05, 3.63) is 35.2 Å². The van der Waals surface area contributed by atoms with Crippen LogP contribution in [0.25, 0.3) is 22.3 Å². The number of hydrogen-bond donors (Lipinski definition) is 1. The van der Waals surface area contributed by atoms with Crippen molar-refractivity contribution in [3.8, 4) is 17.1 Å². The molecular weight excluding hydrogens is 426 g/mol. The van der Waals surface area contributed by atoms with Crippen LogP contribution in [0.3, 0.4) is 0 Å². The van der Waals surface area contributed by atoms with E-state index >= 15 is 0 Å². The largest absolute Gasteiger partial charge is 0.477 e. The van der Waals surface area contributed by atoms with Gasteiger partial charge in [-0.2, -0.15) is 0 Å². The molecule has 0 aliphatic carbocycles. The first-order valence-electron chi connectivity index (χ1n) is 11.2. The molecule has 0 unspecified atom stereocenters. The molecule has 0 radical (unpaired) electrons. The molecule has 0 aliphatic heterocycles. The summed E-state index contributed by atoms with van der Waals surface area (Å²) < 4.78 is 32.9. The van der Waals surface area contributed by atoms with Gasteiger partial charge in [0.15, 0.2) is 9.84 Å². The van der Waals surface area contributed by atoms with Gasteiger partial charge in [0, 0.05) is 12.5 Å². The van der Waals surface area contributed by atoms with Crippen molar-refractivity contribution in [1.82, 2.24) is 14.5 Å². The number of pyridine rings is 2. The third-order valence-electron chi connectivity index (χ3n) is 5.82. The van der Waals surface area contributed by atoms with Crippen molar-refractivity contribution in [2.75, 3.05) is 19.5 Å². The average Bonchev–Trinajstić information content (AvgIpc) is 3.08. The fourth-order valence-corrected chi connectivity index (χ4v) is 5.04. The molecule has 3 heterocycles. The van der Waals surface area contributed by atoms with Crippen LogP contribution in [-0.2, 0) is 22.7 Å². The van der Waals surface area contributed by atoms with Gasteiger partial charge in [-0.1, -0.05) is 20.8 Å². The Balaban J connectivity index is 2.37. The summed E-state index contributed by atoms with van der Waals surface area (Å²) in [6.45, 7) is 10.3. The highest BCUT2D eigenvalue weighted by molar-refractivity contribution is 7.90. The van der Waals surface area contributed by atoms with E-state index in [0.717, 1.165) is 28.6 Å². The summed E-state index contributed by atoms with van der Waals surface area (Å²) in [7, 11) is -3.47. The molecule has 0 saturated carbocycles. The number of sulfone groups is 1. The summed E-state index contributed by atoms with van der Waals surface area (Å²) in [6, 6.07) is 3.73. The predicted molar refractivity (Wildman–Crippen MR) is 127 cm³/mol. The summed E-state index contributed by atoms with van der Waals surface area (Å²) >= 11 is 0. The number of aliphatic hydroxyl groups is 1. The molecule has 32 heavy (non-hydrogen) atoms. The smallest absolute Gasteiger partial charge is 0.223 e. The van der Waals surface area contributed by atoms with Crippen LogP contribution in [0, 0.1) is 6.92 Å². The van der Waals surface area contributed by atoms with Crippen LogP contribution in [-0.4, -0.2) is 47.5 Å². The first-order chi connectivity index (χ1) is 15.2. The van der Waals surface area contributed by atoms with Crippen LogP contribution >= 0.6 is 0 Å². The molecule has 0 spiro atoms. The number of aromatic nitrogens is 3. The molecule has 174 valence electrons. The Hall–Kier alpha value is -2.45. The van der Waals surface area contributed by atoms with Crippen LogP contribution in [0.2, 0.25) is 0 Å². The molecule has 0 amide bonds. The number of nitrogens with zero attached hydrogens (tertiary/aromatic N) is 3. The van der Waals surface area contributed by atoms with Crippen molar-refractivity contribution in [3.63, 3.8) is 0 Å². The standard InChI is InChI=1S/C24H33N3O4S/c1-7-16-11-20-22(15(5)13-27(20)17(8-2)14-28)26-23(16)18-12-21(32(6,29)30)19(9-3)25-24(18)31-10-4/h11-13,17,28H,7-10,14H2,1-6H3/t17-/m1/s1. The van der Waals surface area contributed by atoms with Crippen LogP contribution < -0.4 is 4.74 Å². The topological polar surface area (TPSA) is 94.3 Å². The lowest BCUT2D eigenvalue weighted by molar-refractivity contribution is 0.227. The lowest BCUT2D eigenvalue weighted by Crippen LogP contribution is -2.11. The zero-order valence-electron chi connectivity index (χ0n) is 19.8. The lowest BCUT2D eigenvalue weighted by Gasteiger charge is -2.18. The summed E-state index contributed by atoms with van der Waals surface area (Å²) in [5.74, 6) is 0.400. The zero-order valence-corrected chi connectivity index (χ0v) is 20.6. The van der Waals surface area contributed by atoms with Gasteiger partial charge in [0.1, 0.15) is 0 Å². The second-order valence-corrected chi connectivity index (χ2v) is 10.0. The normalized spacial score (nSPS) is 13.0. The second-order valence-electron chi connectivity index (χ2n) is 8.03. The monoisotopic (exact) mass is 459 g/mol. The molecule has 0 aliphatic rings. The highest BCUT2D eigenvalue weighted by Gasteiger charge is 2.23. The van der Waals surface area contributed by atoms with Gasteiger partial charge in [0.05, 0.1) is 52.1 Å². The van der Waals surface area contributed by atoms with Gasteiger partial charge in [0.2, 0.25) is 5.88 Å². The van der Waals surface area contributed by atoms with E-state index in [1.807, 2.05) is 40.8 Å². The van der Waals surface area contributed by atoms with E-state index in [9.17, 15) is 13.5 Å². The summed E-state index contributed by atoms with van der Waals surface area (Å²) in [4.78, 5) is 9.78. The first-order valence-corrected chi connectivity index (χ1v) is 13.1. The van der Waals surface area contributed by atoms with Crippen LogP contribution in [0.5, 0.6) is 5.88 Å². The number of aliphatic hydroxyl groups excluding tert-OH is 1. The molecule has 1 N–H and O–H groups in total. The van der Waals surface area contributed by atoms with Gasteiger partial charge in [-0.05, 0) is 56.4 Å². The average molecular weight is 460 g/mol. The Labute approximate surface area is 190 Å². The molecule has 0 saturated heterocycles.